The van der Waals surface area contributed by atoms with Crippen molar-refractivity contribution in [2.45, 2.75) is 40.8 Å². The molecule has 0 unspecified atom stereocenters. The highest BCUT2D eigenvalue weighted by molar-refractivity contribution is 5.77. The van der Waals surface area contributed by atoms with Crippen molar-refractivity contribution in [1.82, 2.24) is 18.7 Å². The van der Waals surface area contributed by atoms with E-state index in [1.807, 2.05) is 35.8 Å². The Bertz CT molecular complexity index is 1490. The first-order valence-electron chi connectivity index (χ1n) is 11.3. The van der Waals surface area contributed by atoms with Gasteiger partial charge in [0.1, 0.15) is 0 Å². The van der Waals surface area contributed by atoms with Crippen molar-refractivity contribution in [2.75, 3.05) is 11.4 Å². The van der Waals surface area contributed by atoms with Crippen LogP contribution in [0.25, 0.3) is 11.2 Å². The molecule has 2 aromatic carbocycles. The van der Waals surface area contributed by atoms with E-state index in [2.05, 4.69) is 43.9 Å². The van der Waals surface area contributed by atoms with Gasteiger partial charge in [0, 0.05) is 25.8 Å². The number of anilines is 2. The molecule has 1 aliphatic heterocycles. The predicted molar refractivity (Wildman–Crippen MR) is 132 cm³/mol. The average Bonchev–Trinajstić information content (AvgIpc) is 3.13. The van der Waals surface area contributed by atoms with Crippen LogP contribution in [0.15, 0.2) is 52.1 Å². The molecule has 0 fully saturated rings. The van der Waals surface area contributed by atoms with E-state index in [1.54, 1.807) is 7.05 Å². The van der Waals surface area contributed by atoms with Gasteiger partial charge in [0.25, 0.3) is 5.56 Å². The monoisotopic (exact) mass is 443 g/mol. The fourth-order valence-electron chi connectivity index (χ4n) is 4.96. The molecule has 4 aromatic rings. The van der Waals surface area contributed by atoms with E-state index < -0.39 is 0 Å². The first-order chi connectivity index (χ1) is 15.7. The molecule has 0 spiro atoms. The Morgan fingerprint density at radius 3 is 2.39 bits per heavy atom. The minimum absolute atomic E-state index is 0.236. The summed E-state index contributed by atoms with van der Waals surface area (Å²) >= 11 is 0. The summed E-state index contributed by atoms with van der Waals surface area (Å²) in [6, 6.07) is 14.3. The number of aryl methyl sites for hydroxylation is 4. The lowest BCUT2D eigenvalue weighted by atomic mass is 10.1. The van der Waals surface area contributed by atoms with Gasteiger partial charge in [0.15, 0.2) is 11.2 Å². The number of nitrogens with zero attached hydrogens (tertiary/aromatic N) is 5. The van der Waals surface area contributed by atoms with Gasteiger partial charge in [-0.3, -0.25) is 13.9 Å². The topological polar surface area (TPSA) is 65.1 Å². The molecule has 3 heterocycles. The molecule has 0 saturated carbocycles. The van der Waals surface area contributed by atoms with Gasteiger partial charge in [-0.25, -0.2) is 4.79 Å². The molecule has 0 N–H and O–H groups in total. The van der Waals surface area contributed by atoms with Crippen LogP contribution in [0.5, 0.6) is 0 Å². The molecule has 0 amide bonds. The zero-order valence-corrected chi connectivity index (χ0v) is 19.8. The van der Waals surface area contributed by atoms with Crippen molar-refractivity contribution in [2.24, 2.45) is 13.0 Å². The summed E-state index contributed by atoms with van der Waals surface area (Å²) in [5.74, 6) is 1.03. The van der Waals surface area contributed by atoms with Crippen molar-refractivity contribution in [3.05, 3.63) is 85.6 Å². The van der Waals surface area contributed by atoms with Gasteiger partial charge in [-0.05, 0) is 55.5 Å². The van der Waals surface area contributed by atoms with E-state index in [0.717, 1.165) is 23.4 Å². The summed E-state index contributed by atoms with van der Waals surface area (Å²) in [5, 5.41) is 0. The summed E-state index contributed by atoms with van der Waals surface area (Å²) in [6.45, 7) is 10.1. The molecule has 1 atom stereocenters. The molecule has 5 rings (SSSR count). The Balaban J connectivity index is 1.73. The van der Waals surface area contributed by atoms with Crippen LogP contribution < -0.4 is 16.1 Å². The highest BCUT2D eigenvalue weighted by atomic mass is 16.2. The average molecular weight is 444 g/mol. The summed E-state index contributed by atoms with van der Waals surface area (Å²) < 4.78 is 4.82. The second-order valence-corrected chi connectivity index (χ2v) is 9.48. The Labute approximate surface area is 192 Å². The summed E-state index contributed by atoms with van der Waals surface area (Å²) in [5.41, 5.74) is 5.72. The molecule has 7 nitrogen and oxygen atoms in total. The number of benzene rings is 2. The number of fused-ring (bicyclic) bond motifs is 3. The van der Waals surface area contributed by atoms with E-state index in [1.165, 1.54) is 20.3 Å². The summed E-state index contributed by atoms with van der Waals surface area (Å²) in [7, 11) is 1.69. The van der Waals surface area contributed by atoms with Gasteiger partial charge in [0.2, 0.25) is 5.95 Å². The Kier molecular flexibility index (Phi) is 5.00. The quantitative estimate of drug-likeness (QED) is 0.485. The van der Waals surface area contributed by atoms with Crippen molar-refractivity contribution in [3.8, 4) is 0 Å². The number of imidazole rings is 1. The molecule has 7 heteroatoms. The highest BCUT2D eigenvalue weighted by Crippen LogP contribution is 2.33. The van der Waals surface area contributed by atoms with Gasteiger partial charge >= 0.3 is 5.69 Å². The van der Waals surface area contributed by atoms with Crippen LogP contribution in [0, 0.1) is 26.7 Å². The zero-order valence-electron chi connectivity index (χ0n) is 19.8. The third kappa shape index (κ3) is 3.57. The van der Waals surface area contributed by atoms with Crippen LogP contribution in [0.3, 0.4) is 0 Å². The molecular formula is C26H29N5O2. The van der Waals surface area contributed by atoms with E-state index in [9.17, 15) is 9.59 Å². The maximum absolute atomic E-state index is 13.7. The number of hydrogen-bond donors (Lipinski definition) is 0. The van der Waals surface area contributed by atoms with Crippen LogP contribution >= 0.6 is 0 Å². The van der Waals surface area contributed by atoms with Crippen molar-refractivity contribution in [1.29, 1.82) is 0 Å². The number of aromatic nitrogens is 4. The Morgan fingerprint density at radius 1 is 0.970 bits per heavy atom. The summed E-state index contributed by atoms with van der Waals surface area (Å²) in [6.07, 6.45) is 0. The van der Waals surface area contributed by atoms with Crippen LogP contribution in [-0.2, 0) is 20.1 Å². The Morgan fingerprint density at radius 2 is 1.70 bits per heavy atom. The highest BCUT2D eigenvalue weighted by Gasteiger charge is 2.30. The number of rotatable bonds is 3. The van der Waals surface area contributed by atoms with Gasteiger partial charge in [-0.1, -0.05) is 42.8 Å². The van der Waals surface area contributed by atoms with Crippen molar-refractivity contribution in [3.63, 3.8) is 0 Å². The molecule has 0 saturated heterocycles. The fourth-order valence-corrected chi connectivity index (χ4v) is 4.96. The smallest absolute Gasteiger partial charge is 0.312 e. The maximum atomic E-state index is 13.7. The van der Waals surface area contributed by atoms with Crippen LogP contribution in [0.1, 0.15) is 29.2 Å². The summed E-state index contributed by atoms with van der Waals surface area (Å²) in [4.78, 5) is 33.8. The van der Waals surface area contributed by atoms with Crippen molar-refractivity contribution < 1.29 is 0 Å². The first-order valence-corrected chi connectivity index (χ1v) is 11.3. The molecular weight excluding hydrogens is 414 g/mol. The molecule has 0 radical (unpaired) electrons. The second-order valence-electron chi connectivity index (χ2n) is 9.48. The standard InChI is InChI=1S/C26H29N5O2/c1-16-7-6-8-20(10-16)15-31-24(32)22-23(28(5)26(31)33)27-25-29(13-19(4)14-30(22)25)21-11-17(2)9-18(3)12-21/h6-12,19H,13-15H2,1-5H3/t19-/m0/s1. The van der Waals surface area contributed by atoms with Crippen LogP contribution in [0.4, 0.5) is 11.6 Å². The molecule has 170 valence electrons. The minimum Gasteiger partial charge on any atom is -0.312 e. The predicted octanol–water partition coefficient (Wildman–Crippen LogP) is 3.66. The van der Waals surface area contributed by atoms with E-state index in [4.69, 9.17) is 4.98 Å². The second kappa shape index (κ2) is 7.76. The van der Waals surface area contributed by atoms with Gasteiger partial charge in [-0.15, -0.1) is 0 Å². The van der Waals surface area contributed by atoms with E-state index >= 15 is 0 Å². The van der Waals surface area contributed by atoms with Gasteiger partial charge in [0.05, 0.1) is 6.54 Å². The number of hydrogen-bond acceptors (Lipinski definition) is 4. The fraction of sp³-hybridized carbons (Fsp3) is 0.346. The lowest BCUT2D eigenvalue weighted by Gasteiger charge is -2.33. The normalized spacial score (nSPS) is 15.8. The molecule has 33 heavy (non-hydrogen) atoms. The third-order valence-electron chi connectivity index (χ3n) is 6.38. The van der Waals surface area contributed by atoms with Gasteiger partial charge in [-0.2, -0.15) is 4.98 Å². The maximum Gasteiger partial charge on any atom is 0.332 e. The Hall–Kier alpha value is -3.61. The lowest BCUT2D eigenvalue weighted by molar-refractivity contribution is 0.458. The molecule has 0 aliphatic carbocycles. The van der Waals surface area contributed by atoms with Crippen LogP contribution in [-0.4, -0.2) is 25.2 Å². The van der Waals surface area contributed by atoms with Crippen molar-refractivity contribution >= 4 is 22.8 Å². The molecule has 2 aromatic heterocycles. The van der Waals surface area contributed by atoms with E-state index in [-0.39, 0.29) is 17.8 Å². The third-order valence-corrected chi connectivity index (χ3v) is 6.38. The molecule has 1 aliphatic rings. The first kappa shape index (κ1) is 21.2. The zero-order chi connectivity index (χ0) is 23.4. The molecule has 0 bridgehead atoms. The van der Waals surface area contributed by atoms with Gasteiger partial charge < -0.3 is 9.47 Å². The largest absolute Gasteiger partial charge is 0.332 e. The van der Waals surface area contributed by atoms with Crippen LogP contribution in [0.2, 0.25) is 0 Å². The van der Waals surface area contributed by atoms with E-state index in [0.29, 0.717) is 29.6 Å². The minimum atomic E-state index is -0.351. The lowest BCUT2D eigenvalue weighted by Crippen LogP contribution is -2.40. The SMILES string of the molecule is Cc1cccc(Cn2c(=O)c3c(nc4n3C[C@@H](C)CN4c3cc(C)cc(C)c3)n(C)c2=O)c1.